The van der Waals surface area contributed by atoms with Crippen molar-refractivity contribution < 1.29 is 22.4 Å². The number of nitrogens with one attached hydrogen (secondary N) is 2. The number of carbonyl (C=O) groups excluding carboxylic acids is 1. The van der Waals surface area contributed by atoms with E-state index < -0.39 is 18.4 Å². The molecule has 1 unspecified atom stereocenters. The molecule has 0 saturated carbocycles. The Kier molecular flexibility index (Phi) is 3.99. The van der Waals surface area contributed by atoms with E-state index in [1.807, 2.05) is 0 Å². The predicted molar refractivity (Wildman–Crippen MR) is 66.1 cm³/mol. The highest BCUT2D eigenvalue weighted by Gasteiger charge is 2.49. The second kappa shape index (κ2) is 5.40. The van der Waals surface area contributed by atoms with Gasteiger partial charge < -0.3 is 10.6 Å². The summed E-state index contributed by atoms with van der Waals surface area (Å²) in [5.74, 6) is -4.42. The van der Waals surface area contributed by atoms with Gasteiger partial charge in [-0.3, -0.25) is 4.79 Å². The van der Waals surface area contributed by atoms with Crippen LogP contribution in [0.25, 0.3) is 0 Å². The molecular weight excluding hydrogens is 276 g/mol. The first kappa shape index (κ1) is 14.8. The fourth-order valence-corrected chi connectivity index (χ4v) is 2.24. The third-order valence-corrected chi connectivity index (χ3v) is 3.17. The maximum atomic E-state index is 13.6. The van der Waals surface area contributed by atoms with Crippen molar-refractivity contribution >= 4 is 11.6 Å². The van der Waals surface area contributed by atoms with E-state index in [4.69, 9.17) is 0 Å². The zero-order valence-corrected chi connectivity index (χ0v) is 10.7. The van der Waals surface area contributed by atoms with Gasteiger partial charge in [-0.1, -0.05) is 19.1 Å². The molecule has 1 amide bonds. The van der Waals surface area contributed by atoms with Crippen LogP contribution in [0.5, 0.6) is 0 Å². The van der Waals surface area contributed by atoms with Crippen LogP contribution in [0.4, 0.5) is 23.2 Å². The third kappa shape index (κ3) is 2.63. The third-order valence-electron chi connectivity index (χ3n) is 3.17. The van der Waals surface area contributed by atoms with E-state index in [1.54, 1.807) is 6.92 Å². The predicted octanol–water partition coefficient (Wildman–Crippen LogP) is 2.73. The monoisotopic (exact) mass is 290 g/mol. The Hall–Kier alpha value is -1.63. The molecule has 1 atom stereocenters. The molecule has 0 saturated heterocycles. The first-order valence-corrected chi connectivity index (χ1v) is 6.18. The van der Waals surface area contributed by atoms with E-state index in [0.717, 1.165) is 0 Å². The standard InChI is InChI=1S/C13H14F4N2O/c1-2-18-11(13(16,17)12(14)15)7-3-4-9-8(5-7)6-10(20)19-9/h3-5,11-12,18H,2,6H2,1H3,(H,19,20). The van der Waals surface area contributed by atoms with Gasteiger partial charge in [0.2, 0.25) is 5.91 Å². The van der Waals surface area contributed by atoms with Gasteiger partial charge in [-0.25, -0.2) is 8.78 Å². The molecule has 0 fully saturated rings. The van der Waals surface area contributed by atoms with Gasteiger partial charge in [0.05, 0.1) is 6.42 Å². The number of carbonyl (C=O) groups is 1. The molecule has 0 radical (unpaired) electrons. The first-order chi connectivity index (χ1) is 9.36. The van der Waals surface area contributed by atoms with E-state index in [-0.39, 0.29) is 24.4 Å². The van der Waals surface area contributed by atoms with Crippen molar-refractivity contribution in [2.45, 2.75) is 31.7 Å². The van der Waals surface area contributed by atoms with Crippen LogP contribution in [0.15, 0.2) is 18.2 Å². The summed E-state index contributed by atoms with van der Waals surface area (Å²) in [6.45, 7) is 1.69. The average molecular weight is 290 g/mol. The van der Waals surface area contributed by atoms with E-state index >= 15 is 0 Å². The van der Waals surface area contributed by atoms with Crippen LogP contribution in [-0.2, 0) is 11.2 Å². The minimum absolute atomic E-state index is 0.0485. The van der Waals surface area contributed by atoms with E-state index in [9.17, 15) is 22.4 Å². The van der Waals surface area contributed by atoms with Gasteiger partial charge in [0.25, 0.3) is 0 Å². The Labute approximate surface area is 113 Å². The van der Waals surface area contributed by atoms with Crippen LogP contribution in [0.1, 0.15) is 24.1 Å². The molecule has 0 aromatic heterocycles. The van der Waals surface area contributed by atoms with Gasteiger partial charge in [0.1, 0.15) is 6.04 Å². The van der Waals surface area contributed by atoms with Gasteiger partial charge in [-0.15, -0.1) is 0 Å². The lowest BCUT2D eigenvalue weighted by Crippen LogP contribution is -2.42. The van der Waals surface area contributed by atoms with Gasteiger partial charge in [0, 0.05) is 5.69 Å². The van der Waals surface area contributed by atoms with Crippen LogP contribution in [-0.4, -0.2) is 24.8 Å². The fourth-order valence-electron chi connectivity index (χ4n) is 2.24. The summed E-state index contributed by atoms with van der Waals surface area (Å²) in [7, 11) is 0. The van der Waals surface area contributed by atoms with Crippen LogP contribution < -0.4 is 10.6 Å². The van der Waals surface area contributed by atoms with E-state index in [0.29, 0.717) is 11.3 Å². The van der Waals surface area contributed by atoms with Gasteiger partial charge in [-0.2, -0.15) is 8.78 Å². The second-order valence-electron chi connectivity index (χ2n) is 4.61. The van der Waals surface area contributed by atoms with Crippen molar-refractivity contribution in [2.75, 3.05) is 11.9 Å². The van der Waals surface area contributed by atoms with Crippen LogP contribution in [0.3, 0.4) is 0 Å². The Morgan fingerprint density at radius 3 is 2.70 bits per heavy atom. The summed E-state index contributed by atoms with van der Waals surface area (Å²) in [5.41, 5.74) is 1.13. The number of fused-ring (bicyclic) bond motifs is 1. The van der Waals surface area contributed by atoms with Gasteiger partial charge in [-0.05, 0) is 23.7 Å². The van der Waals surface area contributed by atoms with Gasteiger partial charge >= 0.3 is 12.3 Å². The molecule has 0 aliphatic carbocycles. The molecule has 1 aromatic carbocycles. The van der Waals surface area contributed by atoms with Crippen molar-refractivity contribution in [3.8, 4) is 0 Å². The minimum Gasteiger partial charge on any atom is -0.326 e. The summed E-state index contributed by atoms with van der Waals surface area (Å²) in [4.78, 5) is 11.2. The number of rotatable bonds is 5. The summed E-state index contributed by atoms with van der Waals surface area (Å²) in [5, 5.41) is 4.95. The maximum Gasteiger partial charge on any atom is 0.326 e. The quantitative estimate of drug-likeness (QED) is 0.819. The van der Waals surface area contributed by atoms with Crippen LogP contribution >= 0.6 is 0 Å². The number of halogens is 4. The molecule has 1 heterocycles. The molecule has 1 aromatic rings. The second-order valence-corrected chi connectivity index (χ2v) is 4.61. The van der Waals surface area contributed by atoms with Gasteiger partial charge in [0.15, 0.2) is 0 Å². The number of benzene rings is 1. The Morgan fingerprint density at radius 2 is 2.10 bits per heavy atom. The van der Waals surface area contributed by atoms with Crippen molar-refractivity contribution in [2.24, 2.45) is 0 Å². The summed E-state index contributed by atoms with van der Waals surface area (Å²) >= 11 is 0. The van der Waals surface area contributed by atoms with E-state index in [2.05, 4.69) is 10.6 Å². The molecule has 110 valence electrons. The highest BCUT2D eigenvalue weighted by Crippen LogP contribution is 2.38. The van der Waals surface area contributed by atoms with Crippen LogP contribution in [0.2, 0.25) is 0 Å². The lowest BCUT2D eigenvalue weighted by Gasteiger charge is -2.27. The Morgan fingerprint density at radius 1 is 1.40 bits per heavy atom. The van der Waals surface area contributed by atoms with Crippen molar-refractivity contribution in [3.63, 3.8) is 0 Å². The SMILES string of the molecule is CCNC(c1ccc2c(c1)CC(=O)N2)C(F)(F)C(F)F. The van der Waals surface area contributed by atoms with Crippen LogP contribution in [0, 0.1) is 0 Å². The molecule has 20 heavy (non-hydrogen) atoms. The zero-order chi connectivity index (χ0) is 14.9. The first-order valence-electron chi connectivity index (χ1n) is 6.18. The Bertz CT molecular complexity index is 519. The average Bonchev–Trinajstić information content (AvgIpc) is 2.74. The highest BCUT2D eigenvalue weighted by atomic mass is 19.3. The summed E-state index contributed by atoms with van der Waals surface area (Å²) in [6, 6.07) is 2.38. The molecule has 2 N–H and O–H groups in total. The molecule has 7 heteroatoms. The molecule has 1 aliphatic rings. The van der Waals surface area contributed by atoms with Crippen molar-refractivity contribution in [3.05, 3.63) is 29.3 Å². The fraction of sp³-hybridized carbons (Fsp3) is 0.462. The lowest BCUT2D eigenvalue weighted by atomic mass is 9.97. The zero-order valence-electron chi connectivity index (χ0n) is 10.7. The van der Waals surface area contributed by atoms with Crippen molar-refractivity contribution in [1.29, 1.82) is 0 Å². The highest BCUT2D eigenvalue weighted by molar-refractivity contribution is 5.99. The number of amides is 1. The molecule has 3 nitrogen and oxygen atoms in total. The van der Waals surface area contributed by atoms with Crippen molar-refractivity contribution in [1.82, 2.24) is 5.32 Å². The normalized spacial score (nSPS) is 16.2. The molecule has 0 spiro atoms. The maximum absolute atomic E-state index is 13.6. The number of hydrogen-bond acceptors (Lipinski definition) is 2. The summed E-state index contributed by atoms with van der Waals surface area (Å²) in [6.07, 6.45) is -3.69. The molecule has 0 bridgehead atoms. The largest absolute Gasteiger partial charge is 0.326 e. The van der Waals surface area contributed by atoms with E-state index in [1.165, 1.54) is 18.2 Å². The molecule has 2 rings (SSSR count). The number of hydrogen-bond donors (Lipinski definition) is 2. The molecule has 1 aliphatic heterocycles. The molecular formula is C13H14F4N2O. The number of anilines is 1. The number of alkyl halides is 4. The lowest BCUT2D eigenvalue weighted by molar-refractivity contribution is -0.151. The topological polar surface area (TPSA) is 41.1 Å². The minimum atomic E-state index is -4.18. The summed E-state index contributed by atoms with van der Waals surface area (Å²) < 4.78 is 52.3. The Balaban J connectivity index is 2.36. The smallest absolute Gasteiger partial charge is 0.326 e.